The van der Waals surface area contributed by atoms with Crippen molar-refractivity contribution in [1.82, 2.24) is 0 Å². The fourth-order valence-corrected chi connectivity index (χ4v) is 6.41. The third-order valence-electron chi connectivity index (χ3n) is 7.96. The van der Waals surface area contributed by atoms with Crippen LogP contribution < -0.4 is 0 Å². The number of hydrogen-bond donors (Lipinski definition) is 0. The van der Waals surface area contributed by atoms with Crippen molar-refractivity contribution in [1.29, 1.82) is 0 Å². The highest BCUT2D eigenvalue weighted by Gasteiger charge is 2.70. The van der Waals surface area contributed by atoms with E-state index in [2.05, 4.69) is 41.5 Å². The van der Waals surface area contributed by atoms with Gasteiger partial charge in [0.1, 0.15) is 0 Å². The SMILES string of the molecule is CCCCC(C)(CC)C1CC2CC(CCC)C21C(C)CC. The van der Waals surface area contributed by atoms with Crippen LogP contribution in [0.15, 0.2) is 0 Å². The van der Waals surface area contributed by atoms with E-state index < -0.39 is 0 Å². The molecule has 2 rings (SSSR count). The summed E-state index contributed by atoms with van der Waals surface area (Å²) in [4.78, 5) is 0. The van der Waals surface area contributed by atoms with E-state index in [4.69, 9.17) is 0 Å². The number of rotatable bonds is 9. The normalized spacial score (nSPS) is 38.9. The highest BCUT2D eigenvalue weighted by Crippen LogP contribution is 2.76. The van der Waals surface area contributed by atoms with E-state index in [9.17, 15) is 0 Å². The van der Waals surface area contributed by atoms with Crippen LogP contribution >= 0.6 is 0 Å². The summed E-state index contributed by atoms with van der Waals surface area (Å²) in [6.07, 6.45) is 13.0. The zero-order valence-corrected chi connectivity index (χ0v) is 15.7. The lowest BCUT2D eigenvalue weighted by atomic mass is 9.29. The van der Waals surface area contributed by atoms with Crippen molar-refractivity contribution < 1.29 is 0 Å². The molecule has 0 heteroatoms. The standard InChI is InChI=1S/C21H40/c1-7-11-13-20(6,10-4)19-15-18-14-17(12-8-2)21(18,19)16(5)9-3/h16-19H,7-15H2,1-6H3. The molecule has 2 saturated carbocycles. The van der Waals surface area contributed by atoms with Crippen LogP contribution in [-0.2, 0) is 0 Å². The van der Waals surface area contributed by atoms with E-state index in [0.717, 1.165) is 29.1 Å². The first-order valence-electron chi connectivity index (χ1n) is 10.0. The second-order valence-corrected chi connectivity index (χ2v) is 8.63. The van der Waals surface area contributed by atoms with E-state index in [1.54, 1.807) is 12.8 Å². The Morgan fingerprint density at radius 1 is 1.10 bits per heavy atom. The summed E-state index contributed by atoms with van der Waals surface area (Å²) in [6.45, 7) is 14.9. The van der Waals surface area contributed by atoms with Crippen molar-refractivity contribution in [2.24, 2.45) is 34.5 Å². The summed E-state index contributed by atoms with van der Waals surface area (Å²) in [5.74, 6) is 4.10. The fraction of sp³-hybridized carbons (Fsp3) is 1.00. The van der Waals surface area contributed by atoms with Crippen LogP contribution in [0.1, 0.15) is 99.3 Å². The minimum atomic E-state index is 0.613. The molecule has 6 atom stereocenters. The largest absolute Gasteiger partial charge is 0.0654 e. The molecule has 124 valence electrons. The zero-order chi connectivity index (χ0) is 15.7. The van der Waals surface area contributed by atoms with Gasteiger partial charge in [-0.3, -0.25) is 0 Å². The molecule has 6 unspecified atom stereocenters. The summed E-state index contributed by atoms with van der Waals surface area (Å²) in [5.41, 5.74) is 1.35. The molecule has 0 aromatic heterocycles. The van der Waals surface area contributed by atoms with Gasteiger partial charge in [0, 0.05) is 0 Å². The van der Waals surface area contributed by atoms with E-state index in [1.807, 2.05) is 0 Å². The molecule has 2 aliphatic rings. The van der Waals surface area contributed by atoms with Gasteiger partial charge < -0.3 is 0 Å². The summed E-state index contributed by atoms with van der Waals surface area (Å²) >= 11 is 0. The molecule has 0 amide bonds. The van der Waals surface area contributed by atoms with E-state index in [1.165, 1.54) is 44.9 Å². The van der Waals surface area contributed by atoms with Crippen LogP contribution in [0, 0.1) is 34.5 Å². The Kier molecular flexibility index (Phi) is 5.48. The molecule has 0 nitrogen and oxygen atoms in total. The van der Waals surface area contributed by atoms with Crippen LogP contribution in [-0.4, -0.2) is 0 Å². The Hall–Kier alpha value is 0. The van der Waals surface area contributed by atoms with Crippen molar-refractivity contribution in [3.05, 3.63) is 0 Å². The maximum Gasteiger partial charge on any atom is -0.0181 e. The van der Waals surface area contributed by atoms with Gasteiger partial charge >= 0.3 is 0 Å². The second kappa shape index (κ2) is 6.63. The first-order chi connectivity index (χ1) is 10.0. The molecule has 0 N–H and O–H groups in total. The monoisotopic (exact) mass is 292 g/mol. The lowest BCUT2D eigenvalue weighted by Crippen LogP contribution is -2.69. The number of fused-ring (bicyclic) bond motifs is 1. The van der Waals surface area contributed by atoms with Crippen molar-refractivity contribution >= 4 is 0 Å². The van der Waals surface area contributed by atoms with Gasteiger partial charge in [-0.2, -0.15) is 0 Å². The van der Waals surface area contributed by atoms with E-state index in [0.29, 0.717) is 5.41 Å². The first kappa shape index (κ1) is 17.4. The molecule has 0 radical (unpaired) electrons. The van der Waals surface area contributed by atoms with Crippen molar-refractivity contribution in [2.45, 2.75) is 99.3 Å². The average molecular weight is 293 g/mol. The minimum Gasteiger partial charge on any atom is -0.0654 e. The van der Waals surface area contributed by atoms with E-state index in [-0.39, 0.29) is 0 Å². The Balaban J connectivity index is 2.22. The molecule has 2 fully saturated rings. The molecule has 21 heavy (non-hydrogen) atoms. The minimum absolute atomic E-state index is 0.613. The van der Waals surface area contributed by atoms with Gasteiger partial charge in [-0.05, 0) is 53.8 Å². The Morgan fingerprint density at radius 2 is 1.81 bits per heavy atom. The number of unbranched alkanes of at least 4 members (excludes halogenated alkanes) is 1. The highest BCUT2D eigenvalue weighted by atomic mass is 14.7. The van der Waals surface area contributed by atoms with Gasteiger partial charge in [0.2, 0.25) is 0 Å². The zero-order valence-electron chi connectivity index (χ0n) is 15.7. The Bertz CT molecular complexity index is 331. The molecule has 0 spiro atoms. The quantitative estimate of drug-likeness (QED) is 0.426. The van der Waals surface area contributed by atoms with Gasteiger partial charge in [0.15, 0.2) is 0 Å². The molecule has 0 aromatic carbocycles. The Labute approximate surface area is 134 Å². The lowest BCUT2D eigenvalue weighted by molar-refractivity contribution is -0.270. The highest BCUT2D eigenvalue weighted by molar-refractivity contribution is 5.18. The van der Waals surface area contributed by atoms with Crippen LogP contribution in [0.2, 0.25) is 0 Å². The van der Waals surface area contributed by atoms with Crippen LogP contribution in [0.3, 0.4) is 0 Å². The predicted molar refractivity (Wildman–Crippen MR) is 94.4 cm³/mol. The summed E-state index contributed by atoms with van der Waals surface area (Å²) in [6, 6.07) is 0. The maximum absolute atomic E-state index is 2.63. The molecular weight excluding hydrogens is 252 g/mol. The first-order valence-corrected chi connectivity index (χ1v) is 10.0. The molecule has 0 saturated heterocycles. The van der Waals surface area contributed by atoms with Crippen molar-refractivity contribution in [3.8, 4) is 0 Å². The third-order valence-corrected chi connectivity index (χ3v) is 7.96. The molecular formula is C21H40. The van der Waals surface area contributed by atoms with Crippen LogP contribution in [0.5, 0.6) is 0 Å². The fourth-order valence-electron chi connectivity index (χ4n) is 6.41. The van der Waals surface area contributed by atoms with Gasteiger partial charge in [-0.1, -0.05) is 80.1 Å². The topological polar surface area (TPSA) is 0 Å². The van der Waals surface area contributed by atoms with Crippen molar-refractivity contribution in [3.63, 3.8) is 0 Å². The van der Waals surface area contributed by atoms with E-state index >= 15 is 0 Å². The molecule has 0 aliphatic heterocycles. The van der Waals surface area contributed by atoms with Crippen molar-refractivity contribution in [2.75, 3.05) is 0 Å². The van der Waals surface area contributed by atoms with Crippen LogP contribution in [0.25, 0.3) is 0 Å². The van der Waals surface area contributed by atoms with Gasteiger partial charge in [0.05, 0.1) is 0 Å². The van der Waals surface area contributed by atoms with Gasteiger partial charge in [0.25, 0.3) is 0 Å². The summed E-state index contributed by atoms with van der Waals surface area (Å²) in [5, 5.41) is 0. The van der Waals surface area contributed by atoms with Crippen LogP contribution in [0.4, 0.5) is 0 Å². The lowest BCUT2D eigenvalue weighted by Gasteiger charge is -2.75. The third kappa shape index (κ3) is 2.49. The maximum atomic E-state index is 2.63. The predicted octanol–water partition coefficient (Wildman–Crippen LogP) is 7.08. The smallest absolute Gasteiger partial charge is 0.0181 e. The molecule has 0 bridgehead atoms. The number of hydrogen-bond acceptors (Lipinski definition) is 0. The Morgan fingerprint density at radius 3 is 2.29 bits per heavy atom. The summed E-state index contributed by atoms with van der Waals surface area (Å²) < 4.78 is 0. The summed E-state index contributed by atoms with van der Waals surface area (Å²) in [7, 11) is 0. The molecule has 2 aliphatic carbocycles. The van der Waals surface area contributed by atoms with Gasteiger partial charge in [-0.25, -0.2) is 0 Å². The molecule has 0 aromatic rings. The second-order valence-electron chi connectivity index (χ2n) is 8.63. The molecule has 0 heterocycles. The van der Waals surface area contributed by atoms with Gasteiger partial charge in [-0.15, -0.1) is 0 Å². The average Bonchev–Trinajstić information content (AvgIpc) is 2.48.